The van der Waals surface area contributed by atoms with E-state index in [4.69, 9.17) is 9.47 Å². The molecule has 1 aromatic carbocycles. The number of aliphatic hydroxyl groups is 1. The first-order valence-electron chi connectivity index (χ1n) is 6.75. The van der Waals surface area contributed by atoms with Gasteiger partial charge in [-0.25, -0.2) is 0 Å². The van der Waals surface area contributed by atoms with Crippen LogP contribution in [0.3, 0.4) is 0 Å². The van der Waals surface area contributed by atoms with Gasteiger partial charge in [-0.1, -0.05) is 6.92 Å². The zero-order chi connectivity index (χ0) is 14.7. The molecule has 0 aromatic heterocycles. The summed E-state index contributed by atoms with van der Waals surface area (Å²) in [6, 6.07) is 5.15. The minimum absolute atomic E-state index is 0.0547. The predicted octanol–water partition coefficient (Wildman–Crippen LogP) is 1.55. The number of ether oxygens (including phenoxy) is 2. The number of carbonyl (C=O) groups is 1. The van der Waals surface area contributed by atoms with Crippen molar-refractivity contribution in [3.63, 3.8) is 0 Å². The van der Waals surface area contributed by atoms with E-state index in [-0.39, 0.29) is 17.9 Å². The molecule has 1 fully saturated rings. The third-order valence-electron chi connectivity index (χ3n) is 3.75. The van der Waals surface area contributed by atoms with Gasteiger partial charge in [-0.3, -0.25) is 4.79 Å². The maximum atomic E-state index is 12.5. The first kappa shape index (κ1) is 14.7. The number of nitrogens with zero attached hydrogens (tertiary/aromatic N) is 1. The van der Waals surface area contributed by atoms with Crippen LogP contribution in [0.15, 0.2) is 18.2 Å². The first-order chi connectivity index (χ1) is 9.55. The summed E-state index contributed by atoms with van der Waals surface area (Å²) in [5.41, 5.74) is 0.546. The molecule has 0 spiro atoms. The minimum Gasteiger partial charge on any atom is -0.497 e. The smallest absolute Gasteiger partial charge is 0.254 e. The highest BCUT2D eigenvalue weighted by molar-refractivity contribution is 5.95. The second-order valence-electron chi connectivity index (χ2n) is 5.19. The van der Waals surface area contributed by atoms with Gasteiger partial charge in [-0.2, -0.15) is 0 Å². The van der Waals surface area contributed by atoms with E-state index in [0.29, 0.717) is 36.6 Å². The molecule has 1 aliphatic heterocycles. The van der Waals surface area contributed by atoms with Crippen LogP contribution in [0.4, 0.5) is 0 Å². The number of amides is 1. The third kappa shape index (κ3) is 3.04. The Morgan fingerprint density at radius 2 is 1.85 bits per heavy atom. The van der Waals surface area contributed by atoms with E-state index in [2.05, 4.69) is 0 Å². The van der Waals surface area contributed by atoms with Crippen molar-refractivity contribution in [2.45, 2.75) is 19.4 Å². The maximum absolute atomic E-state index is 12.5. The Labute approximate surface area is 119 Å². The second kappa shape index (κ2) is 6.13. The van der Waals surface area contributed by atoms with Crippen LogP contribution in [0.25, 0.3) is 0 Å². The van der Waals surface area contributed by atoms with Gasteiger partial charge >= 0.3 is 0 Å². The molecule has 0 saturated carbocycles. The lowest BCUT2D eigenvalue weighted by Crippen LogP contribution is -2.44. The molecule has 5 heteroatoms. The van der Waals surface area contributed by atoms with E-state index >= 15 is 0 Å². The highest BCUT2D eigenvalue weighted by atomic mass is 16.5. The Morgan fingerprint density at radius 3 is 2.35 bits per heavy atom. The van der Waals surface area contributed by atoms with Gasteiger partial charge in [-0.05, 0) is 24.5 Å². The van der Waals surface area contributed by atoms with Crippen molar-refractivity contribution in [1.29, 1.82) is 0 Å². The third-order valence-corrected chi connectivity index (χ3v) is 3.75. The van der Waals surface area contributed by atoms with Gasteiger partial charge < -0.3 is 19.5 Å². The number of likely N-dealkylation sites (tertiary alicyclic amines) is 1. The predicted molar refractivity (Wildman–Crippen MR) is 75.2 cm³/mol. The zero-order valence-electron chi connectivity index (χ0n) is 12.1. The molecule has 110 valence electrons. The number of hydrogen-bond acceptors (Lipinski definition) is 4. The van der Waals surface area contributed by atoms with E-state index in [1.165, 1.54) is 0 Å². The van der Waals surface area contributed by atoms with Gasteiger partial charge in [0.25, 0.3) is 5.91 Å². The minimum atomic E-state index is -0.320. The van der Waals surface area contributed by atoms with E-state index in [1.807, 2.05) is 6.92 Å². The topological polar surface area (TPSA) is 59.0 Å². The SMILES string of the molecule is COc1cc(OC)cc(C(=O)N2CCC(O)C(C)C2)c1. The van der Waals surface area contributed by atoms with Crippen molar-refractivity contribution in [3.8, 4) is 11.5 Å². The Bertz CT molecular complexity index is 467. The molecule has 20 heavy (non-hydrogen) atoms. The van der Waals surface area contributed by atoms with Gasteiger partial charge in [0.1, 0.15) is 11.5 Å². The van der Waals surface area contributed by atoms with Crippen LogP contribution in [0.1, 0.15) is 23.7 Å². The summed E-state index contributed by atoms with van der Waals surface area (Å²) < 4.78 is 10.4. The molecule has 2 rings (SSSR count). The van der Waals surface area contributed by atoms with E-state index in [9.17, 15) is 9.90 Å². The average Bonchev–Trinajstić information content (AvgIpc) is 2.48. The van der Waals surface area contributed by atoms with Crippen molar-refractivity contribution in [1.82, 2.24) is 4.90 Å². The molecule has 1 aliphatic rings. The van der Waals surface area contributed by atoms with Gasteiger partial charge in [0.05, 0.1) is 20.3 Å². The van der Waals surface area contributed by atoms with E-state index in [0.717, 1.165) is 0 Å². The zero-order valence-corrected chi connectivity index (χ0v) is 12.1. The Hall–Kier alpha value is -1.75. The van der Waals surface area contributed by atoms with Crippen LogP contribution in [-0.4, -0.2) is 49.3 Å². The van der Waals surface area contributed by atoms with Gasteiger partial charge in [0.2, 0.25) is 0 Å². The van der Waals surface area contributed by atoms with Gasteiger partial charge in [-0.15, -0.1) is 0 Å². The van der Waals surface area contributed by atoms with Gasteiger partial charge in [0.15, 0.2) is 0 Å². The molecule has 1 heterocycles. The highest BCUT2D eigenvalue weighted by Crippen LogP contribution is 2.25. The number of piperidine rings is 1. The lowest BCUT2D eigenvalue weighted by molar-refractivity contribution is 0.0297. The Kier molecular flexibility index (Phi) is 4.49. The number of carbonyl (C=O) groups excluding carboxylic acids is 1. The van der Waals surface area contributed by atoms with Crippen LogP contribution in [0.2, 0.25) is 0 Å². The lowest BCUT2D eigenvalue weighted by atomic mass is 9.96. The molecule has 0 aliphatic carbocycles. The van der Waals surface area contributed by atoms with Crippen LogP contribution >= 0.6 is 0 Å². The molecule has 2 atom stereocenters. The summed E-state index contributed by atoms with van der Waals surface area (Å²) in [6.07, 6.45) is 0.299. The van der Waals surface area contributed by atoms with Crippen molar-refractivity contribution in [2.75, 3.05) is 27.3 Å². The van der Waals surface area contributed by atoms with Crippen LogP contribution < -0.4 is 9.47 Å². The Balaban J connectivity index is 2.20. The number of hydrogen-bond donors (Lipinski definition) is 1. The van der Waals surface area contributed by atoms with Crippen LogP contribution in [0.5, 0.6) is 11.5 Å². The number of benzene rings is 1. The van der Waals surface area contributed by atoms with E-state index < -0.39 is 0 Å². The van der Waals surface area contributed by atoms with E-state index in [1.54, 1.807) is 37.3 Å². The largest absolute Gasteiger partial charge is 0.497 e. The molecule has 5 nitrogen and oxygen atoms in total. The summed E-state index contributed by atoms with van der Waals surface area (Å²) in [5.74, 6) is 1.23. The molecule has 0 radical (unpaired) electrons. The summed E-state index contributed by atoms with van der Waals surface area (Å²) >= 11 is 0. The molecule has 0 bridgehead atoms. The monoisotopic (exact) mass is 279 g/mol. The first-order valence-corrected chi connectivity index (χ1v) is 6.75. The molecule has 1 amide bonds. The number of rotatable bonds is 3. The number of methoxy groups -OCH3 is 2. The molecule has 1 aromatic rings. The van der Waals surface area contributed by atoms with Gasteiger partial charge in [0, 0.05) is 24.7 Å². The van der Waals surface area contributed by atoms with Crippen molar-refractivity contribution in [2.24, 2.45) is 5.92 Å². The molecule has 1 N–H and O–H groups in total. The molecule has 1 saturated heterocycles. The summed E-state index contributed by atoms with van der Waals surface area (Å²) in [4.78, 5) is 14.3. The summed E-state index contributed by atoms with van der Waals surface area (Å²) in [5, 5.41) is 9.73. The highest BCUT2D eigenvalue weighted by Gasteiger charge is 2.28. The average molecular weight is 279 g/mol. The van der Waals surface area contributed by atoms with Crippen molar-refractivity contribution < 1.29 is 19.4 Å². The number of aliphatic hydroxyl groups excluding tert-OH is 1. The van der Waals surface area contributed by atoms with Crippen molar-refractivity contribution >= 4 is 5.91 Å². The van der Waals surface area contributed by atoms with Crippen LogP contribution in [0, 0.1) is 5.92 Å². The molecular formula is C15H21NO4. The fourth-order valence-corrected chi connectivity index (χ4v) is 2.43. The van der Waals surface area contributed by atoms with Crippen LogP contribution in [-0.2, 0) is 0 Å². The molecular weight excluding hydrogens is 258 g/mol. The summed E-state index contributed by atoms with van der Waals surface area (Å²) in [7, 11) is 3.12. The quantitative estimate of drug-likeness (QED) is 0.912. The fourth-order valence-electron chi connectivity index (χ4n) is 2.43. The lowest BCUT2D eigenvalue weighted by Gasteiger charge is -2.34. The fraction of sp³-hybridized carbons (Fsp3) is 0.533. The maximum Gasteiger partial charge on any atom is 0.254 e. The normalized spacial score (nSPS) is 22.5. The standard InChI is InChI=1S/C15H21NO4/c1-10-9-16(5-4-14(10)17)15(18)11-6-12(19-2)8-13(7-11)20-3/h6-8,10,14,17H,4-5,9H2,1-3H3. The second-order valence-corrected chi connectivity index (χ2v) is 5.19. The Morgan fingerprint density at radius 1 is 1.25 bits per heavy atom. The molecule has 2 unspecified atom stereocenters. The summed E-state index contributed by atoms with van der Waals surface area (Å²) in [6.45, 7) is 3.10. The van der Waals surface area contributed by atoms with Crippen molar-refractivity contribution in [3.05, 3.63) is 23.8 Å².